The summed E-state index contributed by atoms with van der Waals surface area (Å²) in [6.07, 6.45) is 0. The fraction of sp³-hybridized carbons (Fsp3) is 0.435. The number of nitrogens with one attached hydrogen (secondary N) is 1. The molecule has 1 heterocycles. The Morgan fingerprint density at radius 1 is 1.03 bits per heavy atom. The molecule has 30 heavy (non-hydrogen) atoms. The van der Waals surface area contributed by atoms with Crippen LogP contribution in [-0.2, 0) is 9.31 Å². The lowest BCUT2D eigenvalue weighted by atomic mass is 9.75. The first kappa shape index (κ1) is 22.4. The van der Waals surface area contributed by atoms with Gasteiger partial charge >= 0.3 is 7.12 Å². The maximum absolute atomic E-state index is 14.5. The normalized spacial score (nSPS) is 17.5. The Balaban J connectivity index is 1.90. The van der Waals surface area contributed by atoms with Gasteiger partial charge in [-0.3, -0.25) is 4.79 Å². The zero-order valence-corrected chi connectivity index (χ0v) is 18.5. The van der Waals surface area contributed by atoms with Crippen LogP contribution in [-0.4, -0.2) is 24.2 Å². The third kappa shape index (κ3) is 4.14. The van der Waals surface area contributed by atoms with Crippen molar-refractivity contribution in [2.24, 2.45) is 0 Å². The van der Waals surface area contributed by atoms with Gasteiger partial charge in [0.05, 0.1) is 16.8 Å². The molecule has 2 aromatic rings. The summed E-state index contributed by atoms with van der Waals surface area (Å²) in [4.78, 5) is 12.7. The van der Waals surface area contributed by atoms with Gasteiger partial charge in [-0.1, -0.05) is 19.9 Å². The predicted molar refractivity (Wildman–Crippen MR) is 115 cm³/mol. The number of rotatable bonds is 4. The Kier molecular flexibility index (Phi) is 5.82. The van der Waals surface area contributed by atoms with Gasteiger partial charge in [0.1, 0.15) is 11.6 Å². The monoisotopic (exact) mass is 415 g/mol. The molecule has 1 amide bonds. The molecule has 1 aliphatic rings. The number of amides is 1. The van der Waals surface area contributed by atoms with E-state index >= 15 is 0 Å². The number of benzene rings is 2. The zero-order chi connectivity index (χ0) is 22.4. The molecule has 0 saturated carbocycles. The van der Waals surface area contributed by atoms with Gasteiger partial charge in [0, 0.05) is 5.69 Å². The number of hydrogen-bond donors (Lipinski definition) is 1. The highest BCUT2D eigenvalue weighted by Crippen LogP contribution is 2.37. The molecule has 1 aliphatic heterocycles. The van der Waals surface area contributed by atoms with Crippen LogP contribution in [0.2, 0.25) is 0 Å². The van der Waals surface area contributed by atoms with E-state index in [-0.39, 0.29) is 17.2 Å². The van der Waals surface area contributed by atoms with E-state index in [0.717, 1.165) is 5.56 Å². The first-order valence-electron chi connectivity index (χ1n) is 10.1. The van der Waals surface area contributed by atoms with Crippen LogP contribution in [0.4, 0.5) is 14.5 Å². The minimum Gasteiger partial charge on any atom is -0.399 e. The molecule has 0 atom stereocenters. The molecule has 0 aliphatic carbocycles. The summed E-state index contributed by atoms with van der Waals surface area (Å²) >= 11 is 0. The second-order valence-electron chi connectivity index (χ2n) is 9.10. The molecular weight excluding hydrogens is 387 g/mol. The van der Waals surface area contributed by atoms with E-state index in [1.165, 1.54) is 24.3 Å². The standard InChI is InChI=1S/C23H28BF2NO3/c1-13(2)15-8-9-17(19(26)10-15)21(28)27-20-12-16(25)11-18(14(20)3)24-29-22(4,5)23(6,7)30-24/h8-13H,1-7H3,(H,27,28). The lowest BCUT2D eigenvalue weighted by molar-refractivity contribution is 0.00578. The van der Waals surface area contributed by atoms with Gasteiger partial charge in [0.2, 0.25) is 0 Å². The van der Waals surface area contributed by atoms with Gasteiger partial charge in [-0.15, -0.1) is 0 Å². The van der Waals surface area contributed by atoms with Crippen LogP contribution in [0.5, 0.6) is 0 Å². The predicted octanol–water partition coefficient (Wildman–Crippen LogP) is 4.95. The van der Waals surface area contributed by atoms with Crippen molar-refractivity contribution in [3.63, 3.8) is 0 Å². The van der Waals surface area contributed by atoms with E-state index in [2.05, 4.69) is 5.32 Å². The molecule has 1 saturated heterocycles. The first-order valence-corrected chi connectivity index (χ1v) is 10.1. The van der Waals surface area contributed by atoms with Crippen LogP contribution in [0.25, 0.3) is 0 Å². The molecule has 7 heteroatoms. The summed E-state index contributed by atoms with van der Waals surface area (Å²) < 4.78 is 40.9. The summed E-state index contributed by atoms with van der Waals surface area (Å²) in [7, 11) is -0.775. The summed E-state index contributed by atoms with van der Waals surface area (Å²) in [5.74, 6) is -1.66. The van der Waals surface area contributed by atoms with Crippen LogP contribution in [0.15, 0.2) is 30.3 Å². The molecule has 4 nitrogen and oxygen atoms in total. The van der Waals surface area contributed by atoms with Gasteiger partial charge in [-0.2, -0.15) is 0 Å². The Morgan fingerprint density at radius 2 is 1.63 bits per heavy atom. The minimum atomic E-state index is -0.775. The molecule has 3 rings (SSSR count). The lowest BCUT2D eigenvalue weighted by Crippen LogP contribution is -2.41. The van der Waals surface area contributed by atoms with Crippen molar-refractivity contribution < 1.29 is 22.9 Å². The lowest BCUT2D eigenvalue weighted by Gasteiger charge is -2.32. The fourth-order valence-corrected chi connectivity index (χ4v) is 3.31. The second-order valence-corrected chi connectivity index (χ2v) is 9.10. The fourth-order valence-electron chi connectivity index (χ4n) is 3.31. The van der Waals surface area contributed by atoms with Gasteiger partial charge < -0.3 is 14.6 Å². The Morgan fingerprint density at radius 3 is 2.17 bits per heavy atom. The number of anilines is 1. The molecule has 0 spiro atoms. The molecule has 0 bridgehead atoms. The van der Waals surface area contributed by atoms with E-state index in [1.807, 2.05) is 41.5 Å². The Hall–Kier alpha value is -2.25. The van der Waals surface area contributed by atoms with Crippen molar-refractivity contribution in [1.29, 1.82) is 0 Å². The van der Waals surface area contributed by atoms with Crippen molar-refractivity contribution in [2.45, 2.75) is 65.6 Å². The van der Waals surface area contributed by atoms with Crippen LogP contribution in [0, 0.1) is 18.6 Å². The topological polar surface area (TPSA) is 47.6 Å². The van der Waals surface area contributed by atoms with Gasteiger partial charge in [-0.25, -0.2) is 8.78 Å². The smallest absolute Gasteiger partial charge is 0.399 e. The molecule has 0 unspecified atom stereocenters. The number of carbonyl (C=O) groups is 1. The largest absolute Gasteiger partial charge is 0.495 e. The van der Waals surface area contributed by atoms with Gasteiger partial charge in [-0.05, 0) is 81.4 Å². The molecule has 1 N–H and O–H groups in total. The number of halogens is 2. The highest BCUT2D eigenvalue weighted by Gasteiger charge is 2.52. The van der Waals surface area contributed by atoms with Gasteiger partial charge in [0.25, 0.3) is 5.91 Å². The van der Waals surface area contributed by atoms with Crippen molar-refractivity contribution in [2.75, 3.05) is 5.32 Å². The highest BCUT2D eigenvalue weighted by molar-refractivity contribution is 6.62. The van der Waals surface area contributed by atoms with E-state index in [0.29, 0.717) is 11.0 Å². The van der Waals surface area contributed by atoms with Crippen molar-refractivity contribution in [3.8, 4) is 0 Å². The average Bonchev–Trinajstić information content (AvgIpc) is 2.84. The van der Waals surface area contributed by atoms with Crippen LogP contribution < -0.4 is 10.8 Å². The summed E-state index contributed by atoms with van der Waals surface area (Å²) in [6.45, 7) is 13.3. The summed E-state index contributed by atoms with van der Waals surface area (Å²) in [6, 6.07) is 7.07. The maximum atomic E-state index is 14.5. The molecule has 1 fully saturated rings. The summed E-state index contributed by atoms with van der Waals surface area (Å²) in [5.41, 5.74) is 0.871. The zero-order valence-electron chi connectivity index (χ0n) is 18.5. The molecule has 160 valence electrons. The Bertz CT molecular complexity index is 973. The van der Waals surface area contributed by atoms with E-state index < -0.39 is 35.9 Å². The Labute approximate surface area is 177 Å². The number of carbonyl (C=O) groups excluding carboxylic acids is 1. The quantitative estimate of drug-likeness (QED) is 0.719. The van der Waals surface area contributed by atoms with E-state index in [1.54, 1.807) is 13.0 Å². The molecule has 0 aromatic heterocycles. The third-order valence-corrected chi connectivity index (χ3v) is 6.07. The van der Waals surface area contributed by atoms with Crippen molar-refractivity contribution in [1.82, 2.24) is 0 Å². The van der Waals surface area contributed by atoms with Gasteiger partial charge in [0.15, 0.2) is 0 Å². The minimum absolute atomic E-state index is 0.0970. The maximum Gasteiger partial charge on any atom is 0.495 e. The highest BCUT2D eigenvalue weighted by atomic mass is 19.1. The van der Waals surface area contributed by atoms with Crippen molar-refractivity contribution in [3.05, 3.63) is 58.7 Å². The van der Waals surface area contributed by atoms with Crippen molar-refractivity contribution >= 4 is 24.2 Å². The van der Waals surface area contributed by atoms with Crippen LogP contribution in [0.1, 0.15) is 68.9 Å². The van der Waals surface area contributed by atoms with E-state index in [4.69, 9.17) is 9.31 Å². The van der Waals surface area contributed by atoms with Crippen LogP contribution in [0.3, 0.4) is 0 Å². The second kappa shape index (κ2) is 7.78. The third-order valence-electron chi connectivity index (χ3n) is 6.07. The van der Waals surface area contributed by atoms with E-state index in [9.17, 15) is 13.6 Å². The number of hydrogen-bond acceptors (Lipinski definition) is 3. The summed E-state index contributed by atoms with van der Waals surface area (Å²) in [5, 5.41) is 2.63. The molecular formula is C23H28BF2NO3. The molecule has 2 aromatic carbocycles. The average molecular weight is 415 g/mol. The first-order chi connectivity index (χ1) is 13.8. The SMILES string of the molecule is Cc1c(NC(=O)c2ccc(C(C)C)cc2F)cc(F)cc1B1OC(C)(C)C(C)(C)O1. The molecule has 0 radical (unpaired) electrons. The van der Waals surface area contributed by atoms with Crippen LogP contribution >= 0.6 is 0 Å².